The lowest BCUT2D eigenvalue weighted by molar-refractivity contribution is -0.311. The van der Waals surface area contributed by atoms with Crippen LogP contribution in [0.3, 0.4) is 0 Å². The Labute approximate surface area is 86.5 Å². The van der Waals surface area contributed by atoms with Gasteiger partial charge in [-0.1, -0.05) is 29.8 Å². The molecular weight excluding hydrogens is 196 g/mol. The monoisotopic (exact) mass is 204 g/mol. The number of aryl methyl sites for hydroxylation is 1. The highest BCUT2D eigenvalue weighted by Gasteiger charge is 1.99. The number of carbonyl (C=O) groups is 2. The van der Waals surface area contributed by atoms with Crippen LogP contribution in [0.25, 0.3) is 6.08 Å². The van der Waals surface area contributed by atoms with Gasteiger partial charge < -0.3 is 19.8 Å². The number of carboxylic acid groups (broad SMARTS) is 2. The van der Waals surface area contributed by atoms with Crippen LogP contribution in [0.5, 0.6) is 0 Å². The molecule has 1 rings (SSSR count). The zero-order chi connectivity index (χ0) is 11.4. The second kappa shape index (κ2) is 4.41. The van der Waals surface area contributed by atoms with Crippen molar-refractivity contribution in [2.24, 2.45) is 0 Å². The van der Waals surface area contributed by atoms with Gasteiger partial charge in [-0.05, 0) is 18.6 Å². The van der Waals surface area contributed by atoms with E-state index in [4.69, 9.17) is 0 Å². The van der Waals surface area contributed by atoms with Gasteiger partial charge in [0.15, 0.2) is 0 Å². The number of hydrogen-bond acceptors (Lipinski definition) is 4. The predicted octanol–water partition coefficient (Wildman–Crippen LogP) is -1.12. The second-order valence-corrected chi connectivity index (χ2v) is 3.04. The summed E-state index contributed by atoms with van der Waals surface area (Å²) in [6.45, 7) is 1.87. The maximum atomic E-state index is 10.4. The van der Waals surface area contributed by atoms with Crippen LogP contribution in [0.15, 0.2) is 29.8 Å². The second-order valence-electron chi connectivity index (χ2n) is 3.04. The molecule has 0 unspecified atom stereocenters. The summed E-state index contributed by atoms with van der Waals surface area (Å²) in [5, 5.41) is 20.8. The number of rotatable bonds is 3. The molecule has 0 aliphatic heterocycles. The molecular formula is C11H8O4-2. The Morgan fingerprint density at radius 2 is 1.53 bits per heavy atom. The lowest BCUT2D eigenvalue weighted by Crippen LogP contribution is -2.36. The van der Waals surface area contributed by atoms with E-state index in [1.54, 1.807) is 24.3 Å². The van der Waals surface area contributed by atoms with E-state index in [2.05, 4.69) is 0 Å². The van der Waals surface area contributed by atoms with E-state index in [0.717, 1.165) is 11.6 Å². The highest BCUT2D eigenvalue weighted by atomic mass is 16.4. The first-order chi connectivity index (χ1) is 7.00. The number of aliphatic carboxylic acids is 2. The number of carboxylic acids is 2. The number of carbonyl (C=O) groups excluding carboxylic acids is 2. The Morgan fingerprint density at radius 3 is 1.93 bits per heavy atom. The average Bonchev–Trinajstić information content (AvgIpc) is 2.15. The lowest BCUT2D eigenvalue weighted by atomic mass is 10.1. The van der Waals surface area contributed by atoms with Crippen molar-refractivity contribution in [2.45, 2.75) is 6.92 Å². The minimum Gasteiger partial charge on any atom is -0.545 e. The first-order valence-electron chi connectivity index (χ1n) is 4.22. The van der Waals surface area contributed by atoms with E-state index >= 15 is 0 Å². The minimum absolute atomic E-state index is 0.476. The van der Waals surface area contributed by atoms with Gasteiger partial charge in [0, 0.05) is 5.57 Å². The molecule has 0 N–H and O–H groups in total. The SMILES string of the molecule is Cc1ccc(C=C(C(=O)[O-])C(=O)[O-])cc1. The van der Waals surface area contributed by atoms with Crippen LogP contribution >= 0.6 is 0 Å². The van der Waals surface area contributed by atoms with E-state index in [1.165, 1.54) is 0 Å². The summed E-state index contributed by atoms with van der Waals surface area (Å²) < 4.78 is 0. The molecule has 15 heavy (non-hydrogen) atoms. The van der Waals surface area contributed by atoms with Crippen molar-refractivity contribution < 1.29 is 19.8 Å². The van der Waals surface area contributed by atoms with Gasteiger partial charge in [-0.2, -0.15) is 0 Å². The van der Waals surface area contributed by atoms with Crippen molar-refractivity contribution >= 4 is 18.0 Å². The lowest BCUT2D eigenvalue weighted by Gasteiger charge is -2.09. The van der Waals surface area contributed by atoms with Crippen LogP contribution in [0.1, 0.15) is 11.1 Å². The summed E-state index contributed by atoms with van der Waals surface area (Å²) in [5.74, 6) is -3.51. The zero-order valence-electron chi connectivity index (χ0n) is 8.02. The van der Waals surface area contributed by atoms with Gasteiger partial charge in [-0.15, -0.1) is 0 Å². The molecule has 0 atom stereocenters. The van der Waals surface area contributed by atoms with E-state index in [1.807, 2.05) is 6.92 Å². The Kier molecular flexibility index (Phi) is 3.23. The van der Waals surface area contributed by atoms with Crippen molar-refractivity contribution in [1.29, 1.82) is 0 Å². The van der Waals surface area contributed by atoms with Crippen molar-refractivity contribution in [1.82, 2.24) is 0 Å². The molecule has 0 aliphatic rings. The van der Waals surface area contributed by atoms with Crippen molar-refractivity contribution in [3.05, 3.63) is 41.0 Å². The van der Waals surface area contributed by atoms with Gasteiger partial charge >= 0.3 is 0 Å². The molecule has 1 aromatic carbocycles. The highest BCUT2D eigenvalue weighted by Crippen LogP contribution is 2.07. The predicted molar refractivity (Wildman–Crippen MR) is 49.2 cm³/mol. The quantitative estimate of drug-likeness (QED) is 0.355. The summed E-state index contributed by atoms with van der Waals surface area (Å²) >= 11 is 0. The Hall–Kier alpha value is -2.10. The Morgan fingerprint density at radius 1 is 1.07 bits per heavy atom. The first kappa shape index (κ1) is 11.0. The zero-order valence-corrected chi connectivity index (χ0v) is 8.02. The Balaban J connectivity index is 3.08. The van der Waals surface area contributed by atoms with Crippen LogP contribution in [0, 0.1) is 6.92 Å². The third-order valence-electron chi connectivity index (χ3n) is 1.83. The van der Waals surface area contributed by atoms with E-state index in [9.17, 15) is 19.8 Å². The molecule has 4 heteroatoms. The average molecular weight is 204 g/mol. The molecule has 0 aliphatic carbocycles. The van der Waals surface area contributed by atoms with Gasteiger partial charge in [-0.3, -0.25) is 0 Å². The molecule has 0 aromatic heterocycles. The van der Waals surface area contributed by atoms with Gasteiger partial charge in [0.05, 0.1) is 11.9 Å². The standard InChI is InChI=1S/C11H10O4/c1-7-2-4-8(5-3-7)6-9(10(12)13)11(14)15/h2-6H,1H3,(H,12,13)(H,14,15)/p-2. The summed E-state index contributed by atoms with van der Waals surface area (Å²) in [6, 6.07) is 6.71. The summed E-state index contributed by atoms with van der Waals surface area (Å²) in [5.41, 5.74) is 0.610. The van der Waals surface area contributed by atoms with E-state index < -0.39 is 17.5 Å². The topological polar surface area (TPSA) is 80.3 Å². The van der Waals surface area contributed by atoms with Crippen LogP contribution in [-0.2, 0) is 9.59 Å². The Bertz CT molecular complexity index is 399. The van der Waals surface area contributed by atoms with Crippen LogP contribution in [0.2, 0.25) is 0 Å². The van der Waals surface area contributed by atoms with Gasteiger partial charge in [-0.25, -0.2) is 0 Å². The third-order valence-corrected chi connectivity index (χ3v) is 1.83. The fourth-order valence-electron chi connectivity index (χ4n) is 1.03. The van der Waals surface area contributed by atoms with Crippen LogP contribution < -0.4 is 10.2 Å². The largest absolute Gasteiger partial charge is 0.545 e. The normalized spacial score (nSPS) is 9.40. The molecule has 4 nitrogen and oxygen atoms in total. The van der Waals surface area contributed by atoms with Gasteiger partial charge in [0.1, 0.15) is 0 Å². The fraction of sp³-hybridized carbons (Fsp3) is 0.0909. The maximum Gasteiger partial charge on any atom is 0.0733 e. The summed E-state index contributed by atoms with van der Waals surface area (Å²) in [7, 11) is 0. The van der Waals surface area contributed by atoms with Crippen molar-refractivity contribution in [2.75, 3.05) is 0 Å². The van der Waals surface area contributed by atoms with Crippen molar-refractivity contribution in [3.63, 3.8) is 0 Å². The molecule has 0 spiro atoms. The molecule has 1 aromatic rings. The van der Waals surface area contributed by atoms with Crippen LogP contribution in [0.4, 0.5) is 0 Å². The molecule has 0 amide bonds. The number of hydrogen-bond donors (Lipinski definition) is 0. The van der Waals surface area contributed by atoms with Crippen molar-refractivity contribution in [3.8, 4) is 0 Å². The van der Waals surface area contributed by atoms with Crippen LogP contribution in [-0.4, -0.2) is 11.9 Å². The molecule has 0 bridgehead atoms. The smallest absolute Gasteiger partial charge is 0.0733 e. The van der Waals surface area contributed by atoms with Gasteiger partial charge in [0.2, 0.25) is 0 Å². The summed E-state index contributed by atoms with van der Waals surface area (Å²) in [4.78, 5) is 20.8. The molecule has 78 valence electrons. The van der Waals surface area contributed by atoms with E-state index in [-0.39, 0.29) is 0 Å². The highest BCUT2D eigenvalue weighted by molar-refractivity contribution is 6.14. The number of benzene rings is 1. The molecule has 0 fully saturated rings. The third kappa shape index (κ3) is 2.95. The molecule has 0 heterocycles. The van der Waals surface area contributed by atoms with E-state index in [0.29, 0.717) is 5.56 Å². The molecule has 0 radical (unpaired) electrons. The molecule has 0 saturated carbocycles. The minimum atomic E-state index is -1.75. The molecule has 0 saturated heterocycles. The fourth-order valence-corrected chi connectivity index (χ4v) is 1.03. The maximum absolute atomic E-state index is 10.4. The van der Waals surface area contributed by atoms with Gasteiger partial charge in [0.25, 0.3) is 0 Å². The first-order valence-corrected chi connectivity index (χ1v) is 4.22. The summed E-state index contributed by atoms with van der Waals surface area (Å²) in [6.07, 6.45) is 1.00.